The summed E-state index contributed by atoms with van der Waals surface area (Å²) in [5, 5.41) is 2.98. The molecule has 0 spiro atoms. The Morgan fingerprint density at radius 3 is 2.59 bits per heavy atom. The average Bonchev–Trinajstić information content (AvgIpc) is 2.33. The van der Waals surface area contributed by atoms with Gasteiger partial charge in [0.05, 0.1) is 11.9 Å². The number of nitrogens with one attached hydrogen (secondary N) is 1. The molecular weight excluding hydrogens is 212 g/mol. The molecule has 0 radical (unpaired) electrons. The fourth-order valence-corrected chi connectivity index (χ4v) is 2.38. The average molecular weight is 232 g/mol. The summed E-state index contributed by atoms with van der Waals surface area (Å²) in [4.78, 5) is 16.4. The van der Waals surface area contributed by atoms with Gasteiger partial charge in [-0.25, -0.2) is 0 Å². The standard InChI is InChI=1S/C14H20N2O/c1-11-6-7-12(10-15-11)16-13(17)14(2)8-4-3-5-9-14/h6-7,10H,3-5,8-9H2,1-2H3,(H,16,17). The highest BCUT2D eigenvalue weighted by Crippen LogP contribution is 2.36. The van der Waals surface area contributed by atoms with Gasteiger partial charge in [0.15, 0.2) is 0 Å². The highest BCUT2D eigenvalue weighted by molar-refractivity contribution is 5.94. The van der Waals surface area contributed by atoms with Gasteiger partial charge < -0.3 is 5.32 Å². The summed E-state index contributed by atoms with van der Waals surface area (Å²) in [6.07, 6.45) is 7.30. The number of anilines is 1. The molecule has 0 aromatic carbocycles. The number of rotatable bonds is 2. The Bertz CT molecular complexity index is 391. The van der Waals surface area contributed by atoms with E-state index in [0.717, 1.165) is 37.1 Å². The number of nitrogens with zero attached hydrogens (tertiary/aromatic N) is 1. The number of amides is 1. The van der Waals surface area contributed by atoms with E-state index in [2.05, 4.69) is 17.2 Å². The predicted molar refractivity (Wildman–Crippen MR) is 68.8 cm³/mol. The SMILES string of the molecule is Cc1ccc(NC(=O)C2(C)CCCCC2)cn1. The third kappa shape index (κ3) is 2.84. The van der Waals surface area contributed by atoms with Crippen LogP contribution in [0.25, 0.3) is 0 Å². The Morgan fingerprint density at radius 2 is 2.00 bits per heavy atom. The third-order valence-electron chi connectivity index (χ3n) is 3.67. The van der Waals surface area contributed by atoms with Gasteiger partial charge in [-0.15, -0.1) is 0 Å². The van der Waals surface area contributed by atoms with Gasteiger partial charge in [-0.3, -0.25) is 9.78 Å². The van der Waals surface area contributed by atoms with E-state index in [1.54, 1.807) is 6.20 Å². The second kappa shape index (κ2) is 4.86. The number of pyridine rings is 1. The minimum Gasteiger partial charge on any atom is -0.324 e. The third-order valence-corrected chi connectivity index (χ3v) is 3.67. The zero-order chi connectivity index (χ0) is 12.3. The number of carbonyl (C=O) groups is 1. The molecule has 92 valence electrons. The molecule has 0 aliphatic heterocycles. The Balaban J connectivity index is 2.03. The summed E-state index contributed by atoms with van der Waals surface area (Å²) >= 11 is 0. The number of hydrogen-bond donors (Lipinski definition) is 1. The smallest absolute Gasteiger partial charge is 0.230 e. The Morgan fingerprint density at radius 1 is 1.29 bits per heavy atom. The minimum absolute atomic E-state index is 0.142. The molecule has 1 aliphatic rings. The molecule has 1 aromatic heterocycles. The van der Waals surface area contributed by atoms with Gasteiger partial charge in [-0.05, 0) is 31.9 Å². The molecule has 0 unspecified atom stereocenters. The molecular formula is C14H20N2O. The summed E-state index contributed by atoms with van der Waals surface area (Å²) in [6.45, 7) is 4.01. The van der Waals surface area contributed by atoms with Gasteiger partial charge in [0.2, 0.25) is 5.91 Å². The van der Waals surface area contributed by atoms with Crippen LogP contribution in [0, 0.1) is 12.3 Å². The molecule has 3 nitrogen and oxygen atoms in total. The largest absolute Gasteiger partial charge is 0.324 e. The number of aryl methyl sites for hydroxylation is 1. The lowest BCUT2D eigenvalue weighted by molar-refractivity contribution is -0.126. The molecule has 17 heavy (non-hydrogen) atoms. The van der Waals surface area contributed by atoms with Crippen molar-refractivity contribution in [2.24, 2.45) is 5.41 Å². The maximum Gasteiger partial charge on any atom is 0.230 e. The van der Waals surface area contributed by atoms with Crippen molar-refractivity contribution in [1.82, 2.24) is 4.98 Å². The van der Waals surface area contributed by atoms with E-state index in [0.29, 0.717) is 0 Å². The molecule has 0 atom stereocenters. The van der Waals surface area contributed by atoms with E-state index in [1.165, 1.54) is 6.42 Å². The lowest BCUT2D eigenvalue weighted by Crippen LogP contribution is -2.35. The maximum atomic E-state index is 12.2. The first-order chi connectivity index (χ1) is 8.10. The zero-order valence-corrected chi connectivity index (χ0v) is 10.6. The van der Waals surface area contributed by atoms with Crippen molar-refractivity contribution in [3.05, 3.63) is 24.0 Å². The number of carbonyl (C=O) groups excluding carboxylic acids is 1. The molecule has 0 bridgehead atoms. The van der Waals surface area contributed by atoms with Gasteiger partial charge >= 0.3 is 0 Å². The van der Waals surface area contributed by atoms with E-state index in [1.807, 2.05) is 19.1 Å². The summed E-state index contributed by atoms with van der Waals surface area (Å²) in [6, 6.07) is 3.82. The van der Waals surface area contributed by atoms with Crippen LogP contribution in [-0.4, -0.2) is 10.9 Å². The van der Waals surface area contributed by atoms with E-state index < -0.39 is 0 Å². The van der Waals surface area contributed by atoms with Crippen LogP contribution < -0.4 is 5.32 Å². The van der Waals surface area contributed by atoms with Crippen LogP contribution in [0.5, 0.6) is 0 Å². The van der Waals surface area contributed by atoms with Crippen molar-refractivity contribution in [2.75, 3.05) is 5.32 Å². The normalized spacial score (nSPS) is 18.7. The molecule has 1 fully saturated rings. The highest BCUT2D eigenvalue weighted by atomic mass is 16.2. The molecule has 1 amide bonds. The van der Waals surface area contributed by atoms with Crippen LogP contribution in [0.3, 0.4) is 0 Å². The minimum atomic E-state index is -0.191. The van der Waals surface area contributed by atoms with Crippen molar-refractivity contribution in [3.8, 4) is 0 Å². The van der Waals surface area contributed by atoms with Crippen LogP contribution in [-0.2, 0) is 4.79 Å². The van der Waals surface area contributed by atoms with Crippen LogP contribution in [0.1, 0.15) is 44.7 Å². The van der Waals surface area contributed by atoms with Gasteiger partial charge in [0.25, 0.3) is 0 Å². The fourth-order valence-electron chi connectivity index (χ4n) is 2.38. The topological polar surface area (TPSA) is 42.0 Å². The number of aromatic nitrogens is 1. The molecule has 3 heteroatoms. The van der Waals surface area contributed by atoms with Crippen LogP contribution in [0.2, 0.25) is 0 Å². The summed E-state index contributed by atoms with van der Waals surface area (Å²) in [5.74, 6) is 0.142. The molecule has 1 aliphatic carbocycles. The van der Waals surface area contributed by atoms with Crippen LogP contribution >= 0.6 is 0 Å². The predicted octanol–water partition coefficient (Wildman–Crippen LogP) is 3.30. The van der Waals surface area contributed by atoms with E-state index >= 15 is 0 Å². The molecule has 1 heterocycles. The number of hydrogen-bond acceptors (Lipinski definition) is 2. The summed E-state index contributed by atoms with van der Waals surface area (Å²) < 4.78 is 0. The zero-order valence-electron chi connectivity index (χ0n) is 10.6. The first-order valence-electron chi connectivity index (χ1n) is 6.34. The molecule has 1 saturated carbocycles. The molecule has 1 aromatic rings. The quantitative estimate of drug-likeness (QED) is 0.850. The highest BCUT2D eigenvalue weighted by Gasteiger charge is 2.34. The maximum absolute atomic E-state index is 12.2. The van der Waals surface area contributed by atoms with Crippen LogP contribution in [0.15, 0.2) is 18.3 Å². The lowest BCUT2D eigenvalue weighted by Gasteiger charge is -2.31. The van der Waals surface area contributed by atoms with Crippen molar-refractivity contribution < 1.29 is 4.79 Å². The van der Waals surface area contributed by atoms with Crippen LogP contribution in [0.4, 0.5) is 5.69 Å². The van der Waals surface area contributed by atoms with E-state index in [4.69, 9.17) is 0 Å². The Kier molecular flexibility index (Phi) is 3.46. The molecule has 1 N–H and O–H groups in total. The second-order valence-electron chi connectivity index (χ2n) is 5.26. The van der Waals surface area contributed by atoms with E-state index in [-0.39, 0.29) is 11.3 Å². The van der Waals surface area contributed by atoms with Gasteiger partial charge in [0.1, 0.15) is 0 Å². The Hall–Kier alpha value is -1.38. The monoisotopic (exact) mass is 232 g/mol. The van der Waals surface area contributed by atoms with Crippen molar-refractivity contribution >= 4 is 11.6 Å². The molecule has 2 rings (SSSR count). The van der Waals surface area contributed by atoms with Crippen molar-refractivity contribution in [1.29, 1.82) is 0 Å². The molecule has 0 saturated heterocycles. The van der Waals surface area contributed by atoms with Gasteiger partial charge in [-0.2, -0.15) is 0 Å². The first kappa shape index (κ1) is 12.1. The Labute approximate surface area is 103 Å². The van der Waals surface area contributed by atoms with Gasteiger partial charge in [0, 0.05) is 11.1 Å². The first-order valence-corrected chi connectivity index (χ1v) is 6.34. The van der Waals surface area contributed by atoms with Crippen molar-refractivity contribution in [2.45, 2.75) is 46.0 Å². The van der Waals surface area contributed by atoms with Crippen molar-refractivity contribution in [3.63, 3.8) is 0 Å². The summed E-state index contributed by atoms with van der Waals surface area (Å²) in [7, 11) is 0. The fraction of sp³-hybridized carbons (Fsp3) is 0.571. The lowest BCUT2D eigenvalue weighted by atomic mass is 9.75. The van der Waals surface area contributed by atoms with Gasteiger partial charge in [-0.1, -0.05) is 26.2 Å². The summed E-state index contributed by atoms with van der Waals surface area (Å²) in [5.41, 5.74) is 1.57. The second-order valence-corrected chi connectivity index (χ2v) is 5.26. The van der Waals surface area contributed by atoms with E-state index in [9.17, 15) is 4.79 Å².